The number of ketones is 2. The fourth-order valence-electron chi connectivity index (χ4n) is 1.48. The molecule has 1 aromatic rings. The molecule has 0 bridgehead atoms. The van der Waals surface area contributed by atoms with Crippen LogP contribution in [0.15, 0.2) is 18.2 Å². The van der Waals surface area contributed by atoms with Crippen LogP contribution in [0.4, 0.5) is 5.69 Å². The number of fused-ring (bicyclic) bond motifs is 1. The van der Waals surface area contributed by atoms with Crippen LogP contribution in [0.3, 0.4) is 0 Å². The van der Waals surface area contributed by atoms with Gasteiger partial charge in [-0.05, 0) is 6.07 Å². The maximum Gasteiger partial charge on any atom is 0.295 e. The van der Waals surface area contributed by atoms with Gasteiger partial charge in [-0.3, -0.25) is 9.59 Å². The minimum atomic E-state index is -2.95. The third-order valence-corrected chi connectivity index (χ3v) is 2.20. The smallest absolute Gasteiger partial charge is 0.295 e. The summed E-state index contributed by atoms with van der Waals surface area (Å²) in [5, 5.41) is 18.4. The van der Waals surface area contributed by atoms with E-state index >= 15 is 0 Å². The number of hydrogen-bond donors (Lipinski definition) is 3. The number of Topliss-reactive ketones (excluding diaryl/α,β-unsaturated/α-hetero) is 2. The number of benzene rings is 1. The summed E-state index contributed by atoms with van der Waals surface area (Å²) in [6, 6.07) is 4.23. The molecule has 72 valence electrons. The van der Waals surface area contributed by atoms with Gasteiger partial charge < -0.3 is 15.9 Å². The molecule has 0 aliphatic heterocycles. The standard InChI is InChI=1S/C9H7NO4/c10-5-3-1-2-4-6(5)8(12)9(13,14)7(4)11/h1-3,13-14H,10H2. The van der Waals surface area contributed by atoms with E-state index in [-0.39, 0.29) is 16.8 Å². The zero-order valence-electron chi connectivity index (χ0n) is 7.02. The van der Waals surface area contributed by atoms with Crippen LogP contribution in [0.1, 0.15) is 20.7 Å². The Balaban J connectivity index is 2.77. The number of carbonyl (C=O) groups excluding carboxylic acids is 2. The average molecular weight is 193 g/mol. The van der Waals surface area contributed by atoms with E-state index in [1.807, 2.05) is 0 Å². The molecule has 1 aromatic carbocycles. The van der Waals surface area contributed by atoms with Crippen molar-refractivity contribution >= 4 is 17.3 Å². The second kappa shape index (κ2) is 2.40. The largest absolute Gasteiger partial charge is 0.398 e. The van der Waals surface area contributed by atoms with E-state index in [0.717, 1.165) is 0 Å². The van der Waals surface area contributed by atoms with Crippen molar-refractivity contribution in [2.45, 2.75) is 5.79 Å². The molecule has 0 atom stereocenters. The number of rotatable bonds is 0. The number of anilines is 1. The Labute approximate surface area is 78.8 Å². The monoisotopic (exact) mass is 193 g/mol. The quantitative estimate of drug-likeness (QED) is 0.288. The lowest BCUT2D eigenvalue weighted by Crippen LogP contribution is -2.40. The molecule has 0 radical (unpaired) electrons. The van der Waals surface area contributed by atoms with E-state index in [2.05, 4.69) is 0 Å². The summed E-state index contributed by atoms with van der Waals surface area (Å²) < 4.78 is 0. The van der Waals surface area contributed by atoms with Crippen LogP contribution in [0.5, 0.6) is 0 Å². The van der Waals surface area contributed by atoms with E-state index in [9.17, 15) is 19.8 Å². The summed E-state index contributed by atoms with van der Waals surface area (Å²) in [4.78, 5) is 22.7. The predicted octanol–water partition coefficient (Wildman–Crippen LogP) is -0.671. The highest BCUT2D eigenvalue weighted by molar-refractivity contribution is 6.32. The normalized spacial score (nSPS) is 18.4. The molecule has 5 heteroatoms. The number of aliphatic hydroxyl groups is 2. The molecule has 0 spiro atoms. The van der Waals surface area contributed by atoms with Crippen molar-refractivity contribution < 1.29 is 19.8 Å². The fraction of sp³-hybridized carbons (Fsp3) is 0.111. The molecule has 2 rings (SSSR count). The van der Waals surface area contributed by atoms with Crippen molar-refractivity contribution in [3.05, 3.63) is 29.3 Å². The van der Waals surface area contributed by atoms with Crippen LogP contribution in [0, 0.1) is 0 Å². The molecular formula is C9H7NO4. The van der Waals surface area contributed by atoms with Crippen LogP contribution in [0.25, 0.3) is 0 Å². The average Bonchev–Trinajstić information content (AvgIpc) is 2.30. The van der Waals surface area contributed by atoms with Gasteiger partial charge in [0.05, 0.1) is 5.56 Å². The van der Waals surface area contributed by atoms with Gasteiger partial charge in [0.2, 0.25) is 11.6 Å². The fourth-order valence-corrected chi connectivity index (χ4v) is 1.48. The Kier molecular flexibility index (Phi) is 1.52. The molecule has 5 nitrogen and oxygen atoms in total. The van der Waals surface area contributed by atoms with Crippen molar-refractivity contribution in [2.75, 3.05) is 5.73 Å². The number of hydrogen-bond acceptors (Lipinski definition) is 5. The molecule has 0 saturated carbocycles. The molecule has 0 fully saturated rings. The molecule has 1 aliphatic rings. The molecule has 14 heavy (non-hydrogen) atoms. The minimum absolute atomic E-state index is 0.0417. The van der Waals surface area contributed by atoms with Crippen molar-refractivity contribution in [3.63, 3.8) is 0 Å². The maximum atomic E-state index is 11.3. The van der Waals surface area contributed by atoms with Gasteiger partial charge in [0, 0.05) is 11.3 Å². The van der Waals surface area contributed by atoms with Crippen LogP contribution in [-0.4, -0.2) is 27.6 Å². The number of nitrogen functional groups attached to an aromatic ring is 1. The predicted molar refractivity (Wildman–Crippen MR) is 46.7 cm³/mol. The van der Waals surface area contributed by atoms with Gasteiger partial charge in [-0.25, -0.2) is 0 Å². The topological polar surface area (TPSA) is 101 Å². The van der Waals surface area contributed by atoms with Crippen LogP contribution >= 0.6 is 0 Å². The highest BCUT2D eigenvalue weighted by atomic mass is 16.5. The van der Waals surface area contributed by atoms with Gasteiger partial charge in [0.1, 0.15) is 0 Å². The van der Waals surface area contributed by atoms with E-state index in [1.54, 1.807) is 0 Å². The molecule has 0 saturated heterocycles. The number of nitrogens with two attached hydrogens (primary N) is 1. The second-order valence-electron chi connectivity index (χ2n) is 3.10. The highest BCUT2D eigenvalue weighted by Gasteiger charge is 2.51. The molecule has 1 aliphatic carbocycles. The zero-order chi connectivity index (χ0) is 10.5. The Morgan fingerprint density at radius 2 is 1.79 bits per heavy atom. The van der Waals surface area contributed by atoms with Gasteiger partial charge in [0.15, 0.2) is 0 Å². The Morgan fingerprint density at radius 3 is 2.36 bits per heavy atom. The van der Waals surface area contributed by atoms with Crippen LogP contribution in [-0.2, 0) is 0 Å². The molecule has 0 aromatic heterocycles. The van der Waals surface area contributed by atoms with Crippen molar-refractivity contribution in [3.8, 4) is 0 Å². The Bertz CT molecular complexity index is 450. The molecule has 0 unspecified atom stereocenters. The maximum absolute atomic E-state index is 11.3. The zero-order valence-corrected chi connectivity index (χ0v) is 7.02. The molecule has 0 amide bonds. The Morgan fingerprint density at radius 1 is 1.14 bits per heavy atom. The Hall–Kier alpha value is -1.72. The first-order valence-corrected chi connectivity index (χ1v) is 3.89. The third kappa shape index (κ3) is 0.850. The van der Waals surface area contributed by atoms with E-state index < -0.39 is 17.4 Å². The van der Waals surface area contributed by atoms with E-state index in [4.69, 9.17) is 5.73 Å². The summed E-state index contributed by atoms with van der Waals surface area (Å²) >= 11 is 0. The van der Waals surface area contributed by atoms with Gasteiger partial charge in [0.25, 0.3) is 5.79 Å². The summed E-state index contributed by atoms with van der Waals surface area (Å²) in [5.74, 6) is -5.03. The van der Waals surface area contributed by atoms with Gasteiger partial charge >= 0.3 is 0 Å². The lowest BCUT2D eigenvalue weighted by atomic mass is 10.1. The third-order valence-electron chi connectivity index (χ3n) is 2.20. The first-order chi connectivity index (χ1) is 6.46. The van der Waals surface area contributed by atoms with E-state index in [0.29, 0.717) is 0 Å². The van der Waals surface area contributed by atoms with Gasteiger partial charge in [-0.15, -0.1) is 0 Å². The van der Waals surface area contributed by atoms with Gasteiger partial charge in [-0.1, -0.05) is 12.1 Å². The minimum Gasteiger partial charge on any atom is -0.398 e. The summed E-state index contributed by atoms with van der Waals surface area (Å²) in [7, 11) is 0. The number of carbonyl (C=O) groups is 2. The second-order valence-corrected chi connectivity index (χ2v) is 3.10. The van der Waals surface area contributed by atoms with Crippen molar-refractivity contribution in [2.24, 2.45) is 0 Å². The first-order valence-electron chi connectivity index (χ1n) is 3.89. The summed E-state index contributed by atoms with van der Waals surface area (Å²) in [6.07, 6.45) is 0. The SMILES string of the molecule is Nc1cccc2c1C(=O)C(O)(O)C2=O. The van der Waals surface area contributed by atoms with Gasteiger partial charge in [-0.2, -0.15) is 0 Å². The first kappa shape index (κ1) is 8.86. The van der Waals surface area contributed by atoms with Crippen molar-refractivity contribution in [1.82, 2.24) is 0 Å². The molecule has 0 heterocycles. The lowest BCUT2D eigenvalue weighted by molar-refractivity contribution is -0.0857. The van der Waals surface area contributed by atoms with Crippen LogP contribution in [0.2, 0.25) is 0 Å². The van der Waals surface area contributed by atoms with E-state index in [1.165, 1.54) is 18.2 Å². The molecule has 4 N–H and O–H groups in total. The van der Waals surface area contributed by atoms with Crippen molar-refractivity contribution in [1.29, 1.82) is 0 Å². The van der Waals surface area contributed by atoms with Crippen LogP contribution < -0.4 is 5.73 Å². The summed E-state index contributed by atoms with van der Waals surface area (Å²) in [6.45, 7) is 0. The summed E-state index contributed by atoms with van der Waals surface area (Å²) in [5.41, 5.74) is 5.37. The lowest BCUT2D eigenvalue weighted by Gasteiger charge is -2.08. The molecular weight excluding hydrogens is 186 g/mol. The highest BCUT2D eigenvalue weighted by Crippen LogP contribution is 2.31.